The molecule has 0 bridgehead atoms. The quantitative estimate of drug-likeness (QED) is 0.617. The number of piperidine rings is 1. The van der Waals surface area contributed by atoms with Gasteiger partial charge in [-0.25, -0.2) is 14.4 Å². The van der Waals surface area contributed by atoms with Crippen LogP contribution in [-0.2, 0) is 6.54 Å². The molecular weight excluding hydrogens is 399 g/mol. The molecule has 1 atom stereocenters. The summed E-state index contributed by atoms with van der Waals surface area (Å²) in [7, 11) is 3.18. The second-order valence-electron chi connectivity index (χ2n) is 7.76. The molecule has 2 aromatic carbocycles. The van der Waals surface area contributed by atoms with E-state index in [1.807, 2.05) is 6.07 Å². The van der Waals surface area contributed by atoms with Gasteiger partial charge in [-0.3, -0.25) is 4.90 Å². The van der Waals surface area contributed by atoms with Crippen LogP contribution in [0.4, 0.5) is 10.2 Å². The number of nitrogen functional groups attached to an aromatic ring is 1. The van der Waals surface area contributed by atoms with E-state index in [4.69, 9.17) is 24.9 Å². The number of hydrogen-bond acceptors (Lipinski definition) is 7. The Balaban J connectivity index is 1.43. The first-order valence-electron chi connectivity index (χ1n) is 10.3. The summed E-state index contributed by atoms with van der Waals surface area (Å²) in [5.41, 5.74) is 6.94. The Morgan fingerprint density at radius 1 is 1.10 bits per heavy atom. The molecule has 7 nitrogen and oxygen atoms in total. The van der Waals surface area contributed by atoms with Crippen LogP contribution in [-0.4, -0.2) is 48.8 Å². The number of methoxy groups -OCH3 is 2. The Hall–Kier alpha value is -3.13. The van der Waals surface area contributed by atoms with E-state index in [0.717, 1.165) is 36.8 Å². The van der Waals surface area contributed by atoms with E-state index >= 15 is 0 Å². The molecule has 0 amide bonds. The summed E-state index contributed by atoms with van der Waals surface area (Å²) in [6, 6.07) is 9.77. The average Bonchev–Trinajstić information content (AvgIpc) is 2.78. The van der Waals surface area contributed by atoms with Crippen molar-refractivity contribution in [1.82, 2.24) is 14.9 Å². The van der Waals surface area contributed by atoms with E-state index in [9.17, 15) is 4.39 Å². The number of nitrogens with two attached hydrogens (primary N) is 1. The van der Waals surface area contributed by atoms with E-state index in [-0.39, 0.29) is 5.82 Å². The minimum atomic E-state index is -0.262. The van der Waals surface area contributed by atoms with Crippen LogP contribution in [0.1, 0.15) is 18.7 Å². The molecular formula is C23H27FN4O3. The lowest BCUT2D eigenvalue weighted by molar-refractivity contribution is 0.123. The predicted octanol–water partition coefficient (Wildman–Crippen LogP) is 3.66. The van der Waals surface area contributed by atoms with Gasteiger partial charge in [-0.05, 0) is 49.7 Å². The molecule has 1 aromatic heterocycles. The zero-order valence-corrected chi connectivity index (χ0v) is 17.8. The fourth-order valence-corrected chi connectivity index (χ4v) is 3.98. The molecule has 1 aliphatic rings. The zero-order valence-electron chi connectivity index (χ0n) is 17.8. The first-order chi connectivity index (χ1) is 15.1. The van der Waals surface area contributed by atoms with Gasteiger partial charge in [0.05, 0.1) is 32.9 Å². The van der Waals surface area contributed by atoms with Gasteiger partial charge in [-0.2, -0.15) is 0 Å². The van der Waals surface area contributed by atoms with Crippen LogP contribution >= 0.6 is 0 Å². The molecule has 1 fully saturated rings. The van der Waals surface area contributed by atoms with Crippen LogP contribution in [0, 0.1) is 11.7 Å². The average molecular weight is 426 g/mol. The zero-order chi connectivity index (χ0) is 21.8. The third kappa shape index (κ3) is 4.96. The highest BCUT2D eigenvalue weighted by atomic mass is 19.1. The van der Waals surface area contributed by atoms with Gasteiger partial charge in [0, 0.05) is 23.9 Å². The number of halogens is 1. The third-order valence-electron chi connectivity index (χ3n) is 5.54. The van der Waals surface area contributed by atoms with Gasteiger partial charge in [0.1, 0.15) is 23.2 Å². The summed E-state index contributed by atoms with van der Waals surface area (Å²) in [6.45, 7) is 3.07. The molecule has 8 heteroatoms. The minimum Gasteiger partial charge on any atom is -0.493 e. The lowest BCUT2D eigenvalue weighted by Gasteiger charge is -2.32. The van der Waals surface area contributed by atoms with Gasteiger partial charge in [0.15, 0.2) is 11.5 Å². The first-order valence-corrected chi connectivity index (χ1v) is 10.3. The summed E-state index contributed by atoms with van der Waals surface area (Å²) >= 11 is 0. The largest absolute Gasteiger partial charge is 0.493 e. The summed E-state index contributed by atoms with van der Waals surface area (Å²) in [5, 5.41) is 0.741. The van der Waals surface area contributed by atoms with E-state index < -0.39 is 0 Å². The number of rotatable bonds is 7. The summed E-state index contributed by atoms with van der Waals surface area (Å²) < 4.78 is 29.6. The number of ether oxygens (including phenoxy) is 3. The molecule has 2 N–H and O–H groups in total. The SMILES string of the molecule is COc1cc2nc(CN3CCCC(COc4ccc(F)cc4)C3)nc(N)c2cc1OC. The molecule has 0 spiro atoms. The number of likely N-dealkylation sites (tertiary alicyclic amines) is 1. The number of hydrogen-bond donors (Lipinski definition) is 1. The second kappa shape index (κ2) is 9.34. The minimum absolute atomic E-state index is 0.262. The Morgan fingerprint density at radius 3 is 2.58 bits per heavy atom. The van der Waals surface area contributed by atoms with E-state index in [2.05, 4.69) is 9.88 Å². The number of anilines is 1. The van der Waals surface area contributed by atoms with Gasteiger partial charge in [0.2, 0.25) is 0 Å². The van der Waals surface area contributed by atoms with Crippen molar-refractivity contribution in [3.05, 3.63) is 48.0 Å². The van der Waals surface area contributed by atoms with Gasteiger partial charge in [-0.1, -0.05) is 0 Å². The maximum Gasteiger partial charge on any atom is 0.162 e. The Bertz CT molecular complexity index is 1050. The standard InChI is InChI=1S/C23H27FN4O3/c1-29-20-10-18-19(11-21(20)30-2)26-22(27-23(18)25)13-28-9-3-4-15(12-28)14-31-17-7-5-16(24)6-8-17/h5-8,10-11,15H,3-4,9,12-14H2,1-2H3,(H2,25,26,27). The van der Waals surface area contributed by atoms with Crippen molar-refractivity contribution in [3.8, 4) is 17.2 Å². The molecule has 1 aliphatic heterocycles. The number of nitrogens with zero attached hydrogens (tertiary/aromatic N) is 3. The number of benzene rings is 2. The summed E-state index contributed by atoms with van der Waals surface area (Å²) in [4.78, 5) is 11.5. The molecule has 4 rings (SSSR count). The fourth-order valence-electron chi connectivity index (χ4n) is 3.98. The summed E-state index contributed by atoms with van der Waals surface area (Å²) in [6.07, 6.45) is 2.17. The van der Waals surface area contributed by atoms with Crippen LogP contribution in [0.3, 0.4) is 0 Å². The Kier molecular flexibility index (Phi) is 6.36. The van der Waals surface area contributed by atoms with Crippen molar-refractivity contribution in [3.63, 3.8) is 0 Å². The maximum atomic E-state index is 13.0. The van der Waals surface area contributed by atoms with Gasteiger partial charge < -0.3 is 19.9 Å². The molecule has 164 valence electrons. The number of aromatic nitrogens is 2. The van der Waals surface area contributed by atoms with Crippen molar-refractivity contribution >= 4 is 16.7 Å². The van der Waals surface area contributed by atoms with Crippen molar-refractivity contribution < 1.29 is 18.6 Å². The second-order valence-corrected chi connectivity index (χ2v) is 7.76. The molecule has 2 heterocycles. The highest BCUT2D eigenvalue weighted by molar-refractivity contribution is 5.90. The van der Waals surface area contributed by atoms with Gasteiger partial charge in [0.25, 0.3) is 0 Å². The highest BCUT2D eigenvalue weighted by Crippen LogP contribution is 2.33. The van der Waals surface area contributed by atoms with E-state index in [1.54, 1.807) is 32.4 Å². The molecule has 3 aromatic rings. The van der Waals surface area contributed by atoms with E-state index in [1.165, 1.54) is 12.1 Å². The molecule has 31 heavy (non-hydrogen) atoms. The third-order valence-corrected chi connectivity index (χ3v) is 5.54. The van der Waals surface area contributed by atoms with Crippen LogP contribution in [0.25, 0.3) is 10.9 Å². The summed E-state index contributed by atoms with van der Waals surface area (Å²) in [5.74, 6) is 3.12. The Labute approximate surface area is 180 Å². The van der Waals surface area contributed by atoms with Crippen LogP contribution in [0.5, 0.6) is 17.2 Å². The van der Waals surface area contributed by atoms with Crippen molar-refractivity contribution in [1.29, 1.82) is 0 Å². The van der Waals surface area contributed by atoms with Crippen LogP contribution in [0.15, 0.2) is 36.4 Å². The smallest absolute Gasteiger partial charge is 0.162 e. The highest BCUT2D eigenvalue weighted by Gasteiger charge is 2.22. The van der Waals surface area contributed by atoms with Crippen molar-refractivity contribution in [2.75, 3.05) is 39.6 Å². The molecule has 0 saturated carbocycles. The maximum absolute atomic E-state index is 13.0. The molecule has 0 radical (unpaired) electrons. The van der Waals surface area contributed by atoms with Crippen molar-refractivity contribution in [2.45, 2.75) is 19.4 Å². The predicted molar refractivity (Wildman–Crippen MR) is 117 cm³/mol. The van der Waals surface area contributed by atoms with Crippen LogP contribution < -0.4 is 19.9 Å². The fraction of sp³-hybridized carbons (Fsp3) is 0.391. The topological polar surface area (TPSA) is 82.7 Å². The molecule has 1 unspecified atom stereocenters. The van der Waals surface area contributed by atoms with Gasteiger partial charge in [-0.15, -0.1) is 0 Å². The van der Waals surface area contributed by atoms with Gasteiger partial charge >= 0.3 is 0 Å². The Morgan fingerprint density at radius 2 is 1.84 bits per heavy atom. The molecule has 0 aliphatic carbocycles. The van der Waals surface area contributed by atoms with Crippen LogP contribution in [0.2, 0.25) is 0 Å². The molecule has 1 saturated heterocycles. The lowest BCUT2D eigenvalue weighted by Crippen LogP contribution is -2.37. The number of fused-ring (bicyclic) bond motifs is 1. The van der Waals surface area contributed by atoms with E-state index in [0.29, 0.717) is 48.0 Å². The lowest BCUT2D eigenvalue weighted by atomic mass is 9.99. The van der Waals surface area contributed by atoms with Crippen molar-refractivity contribution in [2.24, 2.45) is 5.92 Å². The normalized spacial score (nSPS) is 16.9. The monoisotopic (exact) mass is 426 g/mol. The first kappa shape index (κ1) is 21.1.